The van der Waals surface area contributed by atoms with Crippen LogP contribution < -0.4 is 0 Å². The molecule has 0 radical (unpaired) electrons. The molecule has 6 heteroatoms. The zero-order valence-corrected chi connectivity index (χ0v) is 19.5. The van der Waals surface area contributed by atoms with Crippen molar-refractivity contribution in [3.05, 3.63) is 83.0 Å². The van der Waals surface area contributed by atoms with Crippen LogP contribution in [-0.2, 0) is 9.47 Å². The average Bonchev–Trinajstić information content (AvgIpc) is 2.85. The highest BCUT2D eigenvalue weighted by molar-refractivity contribution is 5.66. The number of benzene rings is 2. The van der Waals surface area contributed by atoms with E-state index in [0.717, 1.165) is 12.8 Å². The first-order valence-corrected chi connectivity index (χ1v) is 11.9. The standard InChI is InChI=1S/C28H30F4O2/c1-3-5-17-7-13-23(33-15-17)21-11-9-19(25(29)27(21)31)20-10-12-22(28(32)26(20)30)24-14-8-18(6-4-2)16-34-24/h3-6,9-12,17-18,23-24H,7-8,13-16H2,1-2H3/b5-3+,6-4+. The van der Waals surface area contributed by atoms with Crippen molar-refractivity contribution < 1.29 is 27.0 Å². The fourth-order valence-corrected chi connectivity index (χ4v) is 4.92. The SMILES string of the molecule is C/C=C/C1CCC(c2ccc(-c3ccc(C4CCC(/C=C/C)CO4)c(F)c3F)c(F)c2F)OC1. The van der Waals surface area contributed by atoms with E-state index in [4.69, 9.17) is 9.47 Å². The molecular formula is C28H30F4O2. The third-order valence-corrected chi connectivity index (χ3v) is 6.76. The molecule has 0 bridgehead atoms. The van der Waals surface area contributed by atoms with Gasteiger partial charge in [-0.1, -0.05) is 48.6 Å². The molecule has 0 aliphatic carbocycles. The van der Waals surface area contributed by atoms with Gasteiger partial charge < -0.3 is 9.47 Å². The molecule has 0 amide bonds. The molecule has 2 fully saturated rings. The maximum atomic E-state index is 15.0. The summed E-state index contributed by atoms with van der Waals surface area (Å²) >= 11 is 0. The number of rotatable bonds is 5. The van der Waals surface area contributed by atoms with Gasteiger partial charge in [0.2, 0.25) is 0 Å². The molecule has 0 spiro atoms. The summed E-state index contributed by atoms with van der Waals surface area (Å²) in [6.07, 6.45) is 9.55. The zero-order chi connectivity index (χ0) is 24.2. The summed E-state index contributed by atoms with van der Waals surface area (Å²) in [7, 11) is 0. The van der Waals surface area contributed by atoms with Crippen molar-refractivity contribution in [2.24, 2.45) is 11.8 Å². The fraction of sp³-hybridized carbons (Fsp3) is 0.429. The van der Waals surface area contributed by atoms with Gasteiger partial charge in [-0.3, -0.25) is 0 Å². The number of hydrogen-bond donors (Lipinski definition) is 0. The minimum absolute atomic E-state index is 0.101. The summed E-state index contributed by atoms with van der Waals surface area (Å²) in [6.45, 7) is 4.71. The van der Waals surface area contributed by atoms with Crippen LogP contribution in [0.15, 0.2) is 48.6 Å². The molecule has 0 saturated carbocycles. The molecule has 4 atom stereocenters. The first-order valence-electron chi connectivity index (χ1n) is 11.9. The monoisotopic (exact) mass is 474 g/mol. The van der Waals surface area contributed by atoms with Crippen molar-refractivity contribution in [3.8, 4) is 11.1 Å². The maximum absolute atomic E-state index is 15.0. The Labute approximate surface area is 198 Å². The molecule has 2 aliphatic rings. The molecular weight excluding hydrogens is 444 g/mol. The second-order valence-corrected chi connectivity index (χ2v) is 9.03. The lowest BCUT2D eigenvalue weighted by atomic mass is 9.91. The van der Waals surface area contributed by atoms with Gasteiger partial charge in [0.15, 0.2) is 23.3 Å². The van der Waals surface area contributed by atoms with Gasteiger partial charge in [-0.2, -0.15) is 0 Å². The molecule has 2 aromatic rings. The van der Waals surface area contributed by atoms with E-state index in [-0.39, 0.29) is 34.1 Å². The van der Waals surface area contributed by atoms with Crippen LogP contribution in [0.4, 0.5) is 17.6 Å². The van der Waals surface area contributed by atoms with E-state index in [9.17, 15) is 8.78 Å². The zero-order valence-electron chi connectivity index (χ0n) is 19.5. The molecule has 4 rings (SSSR count). The van der Waals surface area contributed by atoms with Gasteiger partial charge >= 0.3 is 0 Å². The Morgan fingerprint density at radius 1 is 0.618 bits per heavy atom. The average molecular weight is 475 g/mol. The first kappa shape index (κ1) is 24.7. The highest BCUT2D eigenvalue weighted by atomic mass is 19.2. The third kappa shape index (κ3) is 4.98. The Kier molecular flexibility index (Phi) is 7.89. The molecule has 0 aromatic heterocycles. The summed E-state index contributed by atoms with van der Waals surface area (Å²) in [4.78, 5) is 0. The van der Waals surface area contributed by atoms with E-state index in [1.165, 1.54) is 24.3 Å². The van der Waals surface area contributed by atoms with Crippen molar-refractivity contribution in [2.75, 3.05) is 13.2 Å². The smallest absolute Gasteiger partial charge is 0.167 e. The Morgan fingerprint density at radius 2 is 1.03 bits per heavy atom. The van der Waals surface area contributed by atoms with Gasteiger partial charge in [0.05, 0.1) is 25.4 Å². The minimum atomic E-state index is -1.20. The second-order valence-electron chi connectivity index (χ2n) is 9.03. The summed E-state index contributed by atoms with van der Waals surface area (Å²) in [5.74, 6) is -4.06. The Hall–Kier alpha value is -2.44. The van der Waals surface area contributed by atoms with Gasteiger partial charge in [-0.25, -0.2) is 17.6 Å². The van der Waals surface area contributed by atoms with Gasteiger partial charge in [0.1, 0.15) is 0 Å². The maximum Gasteiger partial charge on any atom is 0.167 e. The highest BCUT2D eigenvalue weighted by Gasteiger charge is 2.29. The van der Waals surface area contributed by atoms with Crippen LogP contribution in [0.3, 0.4) is 0 Å². The summed E-state index contributed by atoms with van der Waals surface area (Å²) < 4.78 is 71.5. The normalized spacial score (nSPS) is 25.9. The number of allylic oxidation sites excluding steroid dienone is 2. The van der Waals surface area contributed by atoms with E-state index >= 15 is 8.78 Å². The Morgan fingerprint density at radius 3 is 1.35 bits per heavy atom. The van der Waals surface area contributed by atoms with Crippen molar-refractivity contribution in [3.63, 3.8) is 0 Å². The van der Waals surface area contributed by atoms with Crippen LogP contribution in [0.25, 0.3) is 11.1 Å². The van der Waals surface area contributed by atoms with Crippen LogP contribution in [0.2, 0.25) is 0 Å². The molecule has 2 heterocycles. The quantitative estimate of drug-likeness (QED) is 0.323. The van der Waals surface area contributed by atoms with E-state index in [1.807, 2.05) is 38.2 Å². The van der Waals surface area contributed by atoms with Crippen molar-refractivity contribution in [2.45, 2.75) is 51.7 Å². The Bertz CT molecular complexity index is 977. The second kappa shape index (κ2) is 10.9. The molecule has 2 aliphatic heterocycles. The van der Waals surface area contributed by atoms with E-state index in [0.29, 0.717) is 26.1 Å². The molecule has 4 unspecified atom stereocenters. The highest BCUT2D eigenvalue weighted by Crippen LogP contribution is 2.39. The van der Waals surface area contributed by atoms with Crippen molar-refractivity contribution >= 4 is 0 Å². The topological polar surface area (TPSA) is 18.5 Å². The minimum Gasteiger partial charge on any atom is -0.373 e. The molecule has 2 saturated heterocycles. The predicted octanol–water partition coefficient (Wildman–Crippen LogP) is 8.00. The van der Waals surface area contributed by atoms with Crippen molar-refractivity contribution in [1.82, 2.24) is 0 Å². The van der Waals surface area contributed by atoms with Crippen LogP contribution >= 0.6 is 0 Å². The van der Waals surface area contributed by atoms with E-state index in [1.54, 1.807) is 0 Å². The Balaban J connectivity index is 1.55. The lowest BCUT2D eigenvalue weighted by molar-refractivity contribution is -0.00755. The van der Waals surface area contributed by atoms with Crippen molar-refractivity contribution in [1.29, 1.82) is 0 Å². The van der Waals surface area contributed by atoms with Crippen LogP contribution in [0, 0.1) is 35.1 Å². The van der Waals surface area contributed by atoms with E-state index in [2.05, 4.69) is 0 Å². The lowest BCUT2D eigenvalue weighted by Crippen LogP contribution is -2.20. The van der Waals surface area contributed by atoms with Crippen LogP contribution in [-0.4, -0.2) is 13.2 Å². The lowest BCUT2D eigenvalue weighted by Gasteiger charge is -2.28. The van der Waals surface area contributed by atoms with E-state index < -0.39 is 35.5 Å². The largest absolute Gasteiger partial charge is 0.373 e. The van der Waals surface area contributed by atoms with Gasteiger partial charge in [-0.15, -0.1) is 0 Å². The first-order chi connectivity index (χ1) is 16.4. The summed E-state index contributed by atoms with van der Waals surface area (Å²) in [6, 6.07) is 5.41. The third-order valence-electron chi connectivity index (χ3n) is 6.76. The molecule has 2 nitrogen and oxygen atoms in total. The van der Waals surface area contributed by atoms with Gasteiger partial charge in [0.25, 0.3) is 0 Å². The molecule has 34 heavy (non-hydrogen) atoms. The fourth-order valence-electron chi connectivity index (χ4n) is 4.92. The molecule has 0 N–H and O–H groups in total. The van der Waals surface area contributed by atoms with Gasteiger partial charge in [-0.05, 0) is 39.5 Å². The summed E-state index contributed by atoms with van der Waals surface area (Å²) in [5, 5.41) is 0. The number of hydrogen-bond acceptors (Lipinski definition) is 2. The predicted molar refractivity (Wildman–Crippen MR) is 124 cm³/mol. The van der Waals surface area contributed by atoms with Crippen LogP contribution in [0.5, 0.6) is 0 Å². The number of halogens is 4. The van der Waals surface area contributed by atoms with Gasteiger partial charge in [0, 0.05) is 34.1 Å². The summed E-state index contributed by atoms with van der Waals surface area (Å²) in [5.41, 5.74) is -0.429. The molecule has 2 aromatic carbocycles. The number of ether oxygens (including phenoxy) is 2. The van der Waals surface area contributed by atoms with Crippen LogP contribution in [0.1, 0.15) is 62.9 Å². The molecule has 182 valence electrons.